The Kier molecular flexibility index (Phi) is 34.4. The summed E-state index contributed by atoms with van der Waals surface area (Å²) in [7, 11) is 3.86. The van der Waals surface area contributed by atoms with E-state index in [0.29, 0.717) is 30.4 Å². The summed E-state index contributed by atoms with van der Waals surface area (Å²) < 4.78 is 11.8. The lowest BCUT2D eigenvalue weighted by molar-refractivity contribution is -0.895. The number of ether oxygens (including phenoxy) is 2. The third-order valence-corrected chi connectivity index (χ3v) is 9.90. The largest absolute Gasteiger partial charge is 0.481 e. The number of hydrogen-bond donors (Lipinski definition) is 1. The molecule has 0 heterocycles. The molecule has 0 saturated carbocycles. The fourth-order valence-corrected chi connectivity index (χ4v) is 6.75. The Morgan fingerprint density at radius 2 is 0.904 bits per heavy atom. The van der Waals surface area contributed by atoms with E-state index < -0.39 is 18.0 Å². The van der Waals surface area contributed by atoms with Gasteiger partial charge in [-0.15, -0.1) is 0 Å². The summed E-state index contributed by atoms with van der Waals surface area (Å²) >= 11 is 0. The normalized spacial score (nSPS) is 13.2. The van der Waals surface area contributed by atoms with Gasteiger partial charge in [0.25, 0.3) is 0 Å². The van der Waals surface area contributed by atoms with Crippen molar-refractivity contribution in [2.45, 2.75) is 207 Å². The maximum absolute atomic E-state index is 12.8. The molecule has 0 aliphatic rings. The van der Waals surface area contributed by atoms with Crippen LogP contribution in [0.2, 0.25) is 0 Å². The van der Waals surface area contributed by atoms with E-state index in [1.165, 1.54) is 116 Å². The predicted molar refractivity (Wildman–Crippen MR) is 218 cm³/mol. The lowest BCUT2D eigenvalue weighted by Gasteiger charge is -2.34. The first-order valence-corrected chi connectivity index (χ1v) is 21.8. The second kappa shape index (κ2) is 35.9. The molecule has 52 heavy (non-hydrogen) atoms. The molecule has 0 amide bonds. The molecule has 7 heteroatoms. The van der Waals surface area contributed by atoms with Crippen molar-refractivity contribution < 1.29 is 33.4 Å². The van der Waals surface area contributed by atoms with Crippen LogP contribution in [0.15, 0.2) is 24.3 Å². The molecule has 0 saturated heterocycles. The Bertz CT molecular complexity index is 913. The third-order valence-electron chi connectivity index (χ3n) is 9.90. The quantitative estimate of drug-likeness (QED) is 0.0294. The van der Waals surface area contributed by atoms with Crippen molar-refractivity contribution in [1.82, 2.24) is 0 Å². The Morgan fingerprint density at radius 1 is 0.538 bits per heavy atom. The molecule has 0 rings (SSSR count). The van der Waals surface area contributed by atoms with Gasteiger partial charge in [0.1, 0.15) is 19.1 Å². The fraction of sp³-hybridized carbons (Fsp3) is 0.844. The molecule has 2 unspecified atom stereocenters. The van der Waals surface area contributed by atoms with Crippen LogP contribution >= 0.6 is 0 Å². The number of rotatable bonds is 38. The van der Waals surface area contributed by atoms with E-state index in [2.05, 4.69) is 38.2 Å². The molecule has 7 nitrogen and oxygen atoms in total. The second-order valence-corrected chi connectivity index (χ2v) is 16.0. The van der Waals surface area contributed by atoms with Crippen molar-refractivity contribution in [3.63, 3.8) is 0 Å². The first-order chi connectivity index (χ1) is 25.1. The van der Waals surface area contributed by atoms with Gasteiger partial charge < -0.3 is 19.1 Å². The number of unbranched alkanes of at least 4 members (excludes halogenated alkanes) is 22. The molecular formula is C45H84NO6+. The van der Waals surface area contributed by atoms with Crippen LogP contribution in [0.25, 0.3) is 0 Å². The highest BCUT2D eigenvalue weighted by atomic mass is 16.6. The molecule has 0 aromatic carbocycles. The van der Waals surface area contributed by atoms with E-state index in [4.69, 9.17) is 9.47 Å². The molecule has 0 fully saturated rings. The lowest BCUT2D eigenvalue weighted by Crippen LogP contribution is -2.51. The van der Waals surface area contributed by atoms with Crippen LogP contribution in [-0.4, -0.2) is 67.4 Å². The average Bonchev–Trinajstić information content (AvgIpc) is 3.10. The van der Waals surface area contributed by atoms with Crippen LogP contribution in [0.3, 0.4) is 0 Å². The Labute approximate surface area is 321 Å². The summed E-state index contributed by atoms with van der Waals surface area (Å²) in [4.78, 5) is 36.9. The highest BCUT2D eigenvalue weighted by molar-refractivity contribution is 5.70. The zero-order chi connectivity index (χ0) is 38.5. The van der Waals surface area contributed by atoms with Crippen LogP contribution in [0, 0.1) is 5.92 Å². The third kappa shape index (κ3) is 34.9. The molecule has 0 bridgehead atoms. The van der Waals surface area contributed by atoms with Crippen molar-refractivity contribution in [3.8, 4) is 0 Å². The highest BCUT2D eigenvalue weighted by Crippen LogP contribution is 2.15. The summed E-state index contributed by atoms with van der Waals surface area (Å²) in [5.41, 5.74) is 0. The van der Waals surface area contributed by atoms with Crippen LogP contribution in [0.1, 0.15) is 201 Å². The van der Waals surface area contributed by atoms with E-state index in [1.807, 2.05) is 14.1 Å². The summed E-state index contributed by atoms with van der Waals surface area (Å²) in [6.45, 7) is 6.98. The molecule has 0 aromatic heterocycles. The Balaban J connectivity index is 4.33. The van der Waals surface area contributed by atoms with E-state index >= 15 is 0 Å². The number of esters is 2. The smallest absolute Gasteiger partial charge is 0.311 e. The number of quaternary nitrogens is 1. The van der Waals surface area contributed by atoms with E-state index in [9.17, 15) is 19.5 Å². The van der Waals surface area contributed by atoms with Crippen LogP contribution in [0.4, 0.5) is 0 Å². The summed E-state index contributed by atoms with van der Waals surface area (Å²) in [6.07, 6.45) is 40.7. The minimum atomic E-state index is -0.852. The van der Waals surface area contributed by atoms with Crippen molar-refractivity contribution in [1.29, 1.82) is 0 Å². The number of allylic oxidation sites excluding steroid dienone is 4. The molecule has 0 aromatic rings. The maximum Gasteiger partial charge on any atom is 0.311 e. The summed E-state index contributed by atoms with van der Waals surface area (Å²) in [5, 5.41) is 9.42. The Hall–Kier alpha value is -2.15. The van der Waals surface area contributed by atoms with Crippen molar-refractivity contribution in [2.75, 3.05) is 33.8 Å². The first-order valence-electron chi connectivity index (χ1n) is 21.8. The minimum Gasteiger partial charge on any atom is -0.481 e. The molecule has 2 atom stereocenters. The van der Waals surface area contributed by atoms with Gasteiger partial charge in [0.15, 0.2) is 6.10 Å². The molecule has 304 valence electrons. The molecule has 1 N–H and O–H groups in total. The van der Waals surface area contributed by atoms with Gasteiger partial charge in [-0.3, -0.25) is 14.4 Å². The van der Waals surface area contributed by atoms with Crippen LogP contribution in [-0.2, 0) is 23.9 Å². The lowest BCUT2D eigenvalue weighted by atomic mass is 10.1. The van der Waals surface area contributed by atoms with Crippen molar-refractivity contribution >= 4 is 17.9 Å². The molecule has 0 radical (unpaired) electrons. The number of carbonyl (C=O) groups is 3. The van der Waals surface area contributed by atoms with Crippen LogP contribution in [0.5, 0.6) is 0 Å². The summed E-state index contributed by atoms with van der Waals surface area (Å²) in [5.74, 6) is -1.93. The zero-order valence-corrected chi connectivity index (χ0v) is 34.8. The predicted octanol–water partition coefficient (Wildman–Crippen LogP) is 12.3. The van der Waals surface area contributed by atoms with E-state index in [-0.39, 0.29) is 18.5 Å². The highest BCUT2D eigenvalue weighted by Gasteiger charge is 2.30. The number of hydrogen-bond acceptors (Lipinski definition) is 5. The standard InChI is InChI=1S/C45H83NO6/c1-6-8-10-12-14-16-18-20-22-24-26-28-30-32-34-36-43(47)51-40-42(39-46(4,5)38-41(3)45(49)50)52-44(48)37-35-33-31-29-27-25-23-21-19-17-15-13-11-9-7-2/h20-23,41-42H,6-19,24-40H2,1-5H3/p+1/b22-20-,23-21-. The van der Waals surface area contributed by atoms with Crippen molar-refractivity contribution in [2.24, 2.45) is 5.92 Å². The van der Waals surface area contributed by atoms with Crippen molar-refractivity contribution in [3.05, 3.63) is 24.3 Å². The van der Waals surface area contributed by atoms with Gasteiger partial charge in [-0.1, -0.05) is 141 Å². The average molecular weight is 735 g/mol. The van der Waals surface area contributed by atoms with Crippen LogP contribution < -0.4 is 0 Å². The first kappa shape index (κ1) is 49.9. The van der Waals surface area contributed by atoms with Gasteiger partial charge in [0.05, 0.1) is 20.6 Å². The molecule has 0 aliphatic carbocycles. The molecule has 0 spiro atoms. The number of aliphatic carboxylic acids is 1. The number of carbonyl (C=O) groups excluding carboxylic acids is 2. The van der Waals surface area contributed by atoms with Gasteiger partial charge >= 0.3 is 17.9 Å². The van der Waals surface area contributed by atoms with E-state index in [1.54, 1.807) is 6.92 Å². The molecule has 0 aliphatic heterocycles. The number of likely N-dealkylation sites (N-methyl/N-ethyl adjacent to an activating group) is 1. The zero-order valence-electron chi connectivity index (χ0n) is 34.8. The molecular weight excluding hydrogens is 650 g/mol. The van der Waals surface area contributed by atoms with Gasteiger partial charge in [-0.2, -0.15) is 0 Å². The fourth-order valence-electron chi connectivity index (χ4n) is 6.75. The van der Waals surface area contributed by atoms with Gasteiger partial charge in [-0.05, 0) is 71.1 Å². The minimum absolute atomic E-state index is 0.00511. The monoisotopic (exact) mass is 735 g/mol. The topological polar surface area (TPSA) is 89.9 Å². The number of nitrogens with zero attached hydrogens (tertiary/aromatic N) is 1. The SMILES string of the molecule is CCCCCCCC/C=C\CCCCCCCC(=O)OCC(C[N+](C)(C)CC(C)C(=O)O)OC(=O)CCCCCCC/C=C\CCCCCCCC. The Morgan fingerprint density at radius 3 is 1.31 bits per heavy atom. The van der Waals surface area contributed by atoms with Gasteiger partial charge in [-0.25, -0.2) is 0 Å². The maximum atomic E-state index is 12.8. The van der Waals surface area contributed by atoms with Gasteiger partial charge in [0, 0.05) is 12.8 Å². The second-order valence-electron chi connectivity index (χ2n) is 16.0. The number of carboxylic acids is 1. The van der Waals surface area contributed by atoms with Gasteiger partial charge in [0.2, 0.25) is 0 Å². The summed E-state index contributed by atoms with van der Waals surface area (Å²) in [6, 6.07) is 0. The number of carboxylic acid groups (broad SMARTS) is 1. The van der Waals surface area contributed by atoms with E-state index in [0.717, 1.165) is 51.4 Å².